The number of benzene rings is 3. The monoisotopic (exact) mass is 543 g/mol. The van der Waals surface area contributed by atoms with Crippen LogP contribution in [0.2, 0.25) is 0 Å². The highest BCUT2D eigenvalue weighted by molar-refractivity contribution is 6.06. The topological polar surface area (TPSA) is 72.9 Å². The zero-order valence-electron chi connectivity index (χ0n) is 22.2. The Morgan fingerprint density at radius 3 is 2.28 bits per heavy atom. The third kappa shape index (κ3) is 10.00. The molecule has 0 atom stereocenters. The summed E-state index contributed by atoms with van der Waals surface area (Å²) >= 11 is 0. The Morgan fingerprint density at radius 2 is 1.56 bits per heavy atom. The molecule has 0 radical (unpaired) electrons. The van der Waals surface area contributed by atoms with Crippen molar-refractivity contribution in [3.63, 3.8) is 0 Å². The number of carbonyl (C=O) groups excluding carboxylic acids is 1. The van der Waals surface area contributed by atoms with Gasteiger partial charge in [0.2, 0.25) is 0 Å². The smallest absolute Gasteiger partial charge is 0.475 e. The normalized spacial score (nSPS) is 14.8. The number of nitrogens with one attached hydrogen (secondary N) is 1. The number of amides is 1. The van der Waals surface area contributed by atoms with E-state index in [9.17, 15) is 18.0 Å². The number of rotatable bonds is 8. The van der Waals surface area contributed by atoms with E-state index in [-0.39, 0.29) is 5.91 Å². The van der Waals surface area contributed by atoms with Gasteiger partial charge in [0.15, 0.2) is 0 Å². The Kier molecular flexibility index (Phi) is 11.3. The molecule has 0 spiro atoms. The summed E-state index contributed by atoms with van der Waals surface area (Å²) < 4.78 is 31.7. The highest BCUT2D eigenvalue weighted by atomic mass is 19.4. The zero-order chi connectivity index (χ0) is 28.3. The van der Waals surface area contributed by atoms with Crippen molar-refractivity contribution in [2.24, 2.45) is 0 Å². The lowest BCUT2D eigenvalue weighted by molar-refractivity contribution is -0.192. The first kappa shape index (κ1) is 30.1. The van der Waals surface area contributed by atoms with E-state index in [1.165, 1.54) is 44.3 Å². The van der Waals surface area contributed by atoms with Gasteiger partial charge >= 0.3 is 12.1 Å². The number of hydrogen-bond acceptors (Lipinski definition) is 4. The number of anilines is 1. The van der Waals surface area contributed by atoms with Crippen LogP contribution in [0.4, 0.5) is 18.9 Å². The third-order valence-electron chi connectivity index (χ3n) is 6.60. The number of unbranched alkanes of at least 4 members (excludes halogenated alkanes) is 2. The predicted octanol–water partition coefficient (Wildman–Crippen LogP) is 6.42. The van der Waals surface area contributed by atoms with Crippen molar-refractivity contribution in [1.29, 1.82) is 0 Å². The molecule has 1 saturated heterocycles. The fraction of sp³-hybridized carbons (Fsp3) is 0.400. The zero-order valence-corrected chi connectivity index (χ0v) is 22.2. The van der Waals surface area contributed by atoms with Crippen molar-refractivity contribution in [3.05, 3.63) is 77.9 Å². The molecule has 0 aliphatic carbocycles. The summed E-state index contributed by atoms with van der Waals surface area (Å²) in [5.74, 6) is -2.82. The van der Waals surface area contributed by atoms with Crippen molar-refractivity contribution in [1.82, 2.24) is 9.80 Å². The summed E-state index contributed by atoms with van der Waals surface area (Å²) in [4.78, 5) is 26.9. The van der Waals surface area contributed by atoms with Crippen LogP contribution in [-0.4, -0.2) is 65.7 Å². The van der Waals surface area contributed by atoms with Gasteiger partial charge in [-0.3, -0.25) is 9.69 Å². The molecule has 1 aliphatic rings. The second kappa shape index (κ2) is 14.6. The molecule has 1 aliphatic heterocycles. The van der Waals surface area contributed by atoms with E-state index in [0.29, 0.717) is 5.56 Å². The fourth-order valence-electron chi connectivity index (χ4n) is 4.53. The molecule has 1 fully saturated rings. The molecule has 39 heavy (non-hydrogen) atoms. The molecule has 6 nitrogen and oxygen atoms in total. The number of carboxylic acid groups (broad SMARTS) is 1. The standard InChI is InChI=1S/C28H35N3O.C2HF3O2/c1-2-3-6-15-30-16-8-17-31(19-18-30)22-23-9-7-12-27(20-23)29-28(32)26-14-13-24-10-4-5-11-25(24)21-26;3-2(4,5)1(6)7/h4-5,7,9-14,20-21H,2-3,6,8,15-19,22H2,1H3,(H,29,32);(H,6,7). The SMILES string of the molecule is CCCCCN1CCCN(Cc2cccc(NC(=O)c3ccc4ccccc4c3)c2)CC1.O=C(O)C(F)(F)F. The molecular weight excluding hydrogens is 507 g/mol. The lowest BCUT2D eigenvalue weighted by Crippen LogP contribution is -2.31. The summed E-state index contributed by atoms with van der Waals surface area (Å²) in [6.45, 7) is 9.05. The highest BCUT2D eigenvalue weighted by Crippen LogP contribution is 2.19. The first-order valence-electron chi connectivity index (χ1n) is 13.3. The molecule has 4 rings (SSSR count). The summed E-state index contributed by atoms with van der Waals surface area (Å²) in [6, 6.07) is 22.3. The van der Waals surface area contributed by atoms with Crippen LogP contribution in [0, 0.1) is 0 Å². The number of carbonyl (C=O) groups is 2. The van der Waals surface area contributed by atoms with Crippen molar-refractivity contribution >= 4 is 28.3 Å². The molecule has 1 heterocycles. The molecule has 0 saturated carbocycles. The molecule has 3 aromatic carbocycles. The van der Waals surface area contributed by atoms with Gasteiger partial charge in [0.1, 0.15) is 0 Å². The second-order valence-corrected chi connectivity index (χ2v) is 9.70. The molecule has 2 N–H and O–H groups in total. The number of alkyl halides is 3. The lowest BCUT2D eigenvalue weighted by Gasteiger charge is -2.22. The Labute approximate surface area is 227 Å². The Hall–Kier alpha value is -3.43. The maximum absolute atomic E-state index is 12.8. The van der Waals surface area contributed by atoms with Gasteiger partial charge in [-0.1, -0.05) is 62.2 Å². The van der Waals surface area contributed by atoms with Gasteiger partial charge in [0, 0.05) is 30.9 Å². The lowest BCUT2D eigenvalue weighted by atomic mass is 10.1. The number of aliphatic carboxylic acids is 1. The van der Waals surface area contributed by atoms with E-state index in [1.807, 2.05) is 48.5 Å². The van der Waals surface area contributed by atoms with Crippen LogP contribution >= 0.6 is 0 Å². The van der Waals surface area contributed by atoms with Crippen LogP contribution in [0.25, 0.3) is 10.8 Å². The number of carboxylic acids is 1. The minimum atomic E-state index is -5.08. The van der Waals surface area contributed by atoms with Crippen LogP contribution < -0.4 is 5.32 Å². The Morgan fingerprint density at radius 1 is 0.872 bits per heavy atom. The molecule has 210 valence electrons. The van der Waals surface area contributed by atoms with Gasteiger partial charge in [0.25, 0.3) is 5.91 Å². The average Bonchev–Trinajstić information content (AvgIpc) is 3.13. The van der Waals surface area contributed by atoms with E-state index in [4.69, 9.17) is 9.90 Å². The first-order chi connectivity index (χ1) is 18.7. The van der Waals surface area contributed by atoms with E-state index < -0.39 is 12.1 Å². The molecule has 3 aromatic rings. The van der Waals surface area contributed by atoms with Gasteiger partial charge in [0.05, 0.1) is 0 Å². The Balaban J connectivity index is 0.000000532. The van der Waals surface area contributed by atoms with E-state index in [1.54, 1.807) is 0 Å². The van der Waals surface area contributed by atoms with Crippen molar-refractivity contribution < 1.29 is 27.9 Å². The highest BCUT2D eigenvalue weighted by Gasteiger charge is 2.38. The molecule has 0 bridgehead atoms. The van der Waals surface area contributed by atoms with Crippen LogP contribution in [-0.2, 0) is 11.3 Å². The minimum Gasteiger partial charge on any atom is -0.475 e. The number of halogens is 3. The first-order valence-corrected chi connectivity index (χ1v) is 13.3. The summed E-state index contributed by atoms with van der Waals surface area (Å²) in [6.07, 6.45) is 0.0750. The summed E-state index contributed by atoms with van der Waals surface area (Å²) in [5, 5.41) is 12.4. The van der Waals surface area contributed by atoms with E-state index >= 15 is 0 Å². The van der Waals surface area contributed by atoms with Gasteiger partial charge < -0.3 is 15.3 Å². The van der Waals surface area contributed by atoms with Gasteiger partial charge in [-0.15, -0.1) is 0 Å². The maximum Gasteiger partial charge on any atom is 0.490 e. The van der Waals surface area contributed by atoms with Crippen molar-refractivity contribution in [3.8, 4) is 0 Å². The van der Waals surface area contributed by atoms with Crippen LogP contribution in [0.15, 0.2) is 66.7 Å². The molecule has 0 unspecified atom stereocenters. The number of fused-ring (bicyclic) bond motifs is 1. The van der Waals surface area contributed by atoms with Crippen LogP contribution in [0.3, 0.4) is 0 Å². The van der Waals surface area contributed by atoms with Crippen LogP contribution in [0.5, 0.6) is 0 Å². The summed E-state index contributed by atoms with van der Waals surface area (Å²) in [5.41, 5.74) is 2.79. The fourth-order valence-corrected chi connectivity index (χ4v) is 4.53. The average molecular weight is 544 g/mol. The van der Waals surface area contributed by atoms with Gasteiger partial charge in [-0.25, -0.2) is 4.79 Å². The number of hydrogen-bond donors (Lipinski definition) is 2. The van der Waals surface area contributed by atoms with Gasteiger partial charge in [-0.05, 0) is 73.1 Å². The predicted molar refractivity (Wildman–Crippen MR) is 148 cm³/mol. The molecule has 1 amide bonds. The molecular formula is C30H36F3N3O3. The van der Waals surface area contributed by atoms with Crippen LogP contribution in [0.1, 0.15) is 48.5 Å². The molecule has 9 heteroatoms. The van der Waals surface area contributed by atoms with E-state index in [0.717, 1.165) is 42.6 Å². The van der Waals surface area contributed by atoms with Crippen molar-refractivity contribution in [2.45, 2.75) is 45.3 Å². The quantitative estimate of drug-likeness (QED) is 0.321. The second-order valence-electron chi connectivity index (χ2n) is 9.70. The Bertz CT molecular complexity index is 1230. The maximum atomic E-state index is 12.8. The minimum absolute atomic E-state index is 0.0644. The number of nitrogens with zero attached hydrogens (tertiary/aromatic N) is 2. The van der Waals surface area contributed by atoms with E-state index in [2.05, 4.69) is 40.2 Å². The summed E-state index contributed by atoms with van der Waals surface area (Å²) in [7, 11) is 0. The third-order valence-corrected chi connectivity index (χ3v) is 6.60. The largest absolute Gasteiger partial charge is 0.490 e. The van der Waals surface area contributed by atoms with Crippen molar-refractivity contribution in [2.75, 3.05) is 38.0 Å². The molecule has 0 aromatic heterocycles. The van der Waals surface area contributed by atoms with Gasteiger partial charge in [-0.2, -0.15) is 13.2 Å².